The molecule has 0 aromatic heterocycles. The fraction of sp³-hybridized carbons (Fsp3) is 0.333. The van der Waals surface area contributed by atoms with Crippen LogP contribution in [0.5, 0.6) is 0 Å². The highest BCUT2D eigenvalue weighted by Gasteiger charge is 2.18. The molecule has 0 aliphatic rings. The third-order valence-corrected chi connectivity index (χ3v) is 5.09. The van der Waals surface area contributed by atoms with Gasteiger partial charge >= 0.3 is 5.97 Å². The van der Waals surface area contributed by atoms with Crippen LogP contribution in [-0.4, -0.2) is 23.7 Å². The second-order valence-electron chi connectivity index (χ2n) is 5.89. The number of thioether (sulfide) groups is 1. The maximum absolute atomic E-state index is 12.2. The summed E-state index contributed by atoms with van der Waals surface area (Å²) in [4.78, 5) is 25.4. The van der Waals surface area contributed by atoms with E-state index in [9.17, 15) is 9.59 Å². The number of anilines is 1. The lowest BCUT2D eigenvalue weighted by molar-refractivity contribution is -0.146. The summed E-state index contributed by atoms with van der Waals surface area (Å²) in [5, 5.41) is 2.53. The van der Waals surface area contributed by atoms with Gasteiger partial charge in [0.05, 0.1) is 0 Å². The molecule has 0 bridgehead atoms. The fourth-order valence-corrected chi connectivity index (χ4v) is 3.47. The first-order valence-electron chi connectivity index (χ1n) is 8.84. The SMILES string of the molecule is CCc1cccc(CC)c1NC(=O)COC(=O)[C@H](C)Sc1ccccc1. The van der Waals surface area contributed by atoms with Gasteiger partial charge in [0.25, 0.3) is 5.91 Å². The number of benzene rings is 2. The minimum Gasteiger partial charge on any atom is -0.455 e. The number of nitrogens with one attached hydrogen (secondary N) is 1. The van der Waals surface area contributed by atoms with Crippen LogP contribution in [0.2, 0.25) is 0 Å². The van der Waals surface area contributed by atoms with Crippen LogP contribution in [0.15, 0.2) is 53.4 Å². The number of carbonyl (C=O) groups is 2. The number of esters is 1. The maximum atomic E-state index is 12.2. The van der Waals surface area contributed by atoms with E-state index in [1.165, 1.54) is 11.8 Å². The summed E-state index contributed by atoms with van der Waals surface area (Å²) in [7, 11) is 0. The number of rotatable bonds is 8. The maximum Gasteiger partial charge on any atom is 0.319 e. The van der Waals surface area contributed by atoms with Crippen molar-refractivity contribution in [3.8, 4) is 0 Å². The molecule has 0 saturated carbocycles. The van der Waals surface area contributed by atoms with Gasteiger partial charge < -0.3 is 10.1 Å². The highest BCUT2D eigenvalue weighted by Crippen LogP contribution is 2.24. The predicted octanol–water partition coefficient (Wildman–Crippen LogP) is 4.47. The number of amides is 1. The first-order chi connectivity index (χ1) is 12.5. The normalized spacial score (nSPS) is 11.7. The molecule has 26 heavy (non-hydrogen) atoms. The van der Waals surface area contributed by atoms with Crippen molar-refractivity contribution in [3.63, 3.8) is 0 Å². The van der Waals surface area contributed by atoms with Gasteiger partial charge in [0.15, 0.2) is 6.61 Å². The number of hydrogen-bond donors (Lipinski definition) is 1. The lowest BCUT2D eigenvalue weighted by atomic mass is 10.0. The molecule has 0 spiro atoms. The van der Waals surface area contributed by atoms with Crippen LogP contribution in [-0.2, 0) is 27.2 Å². The van der Waals surface area contributed by atoms with E-state index >= 15 is 0 Å². The van der Waals surface area contributed by atoms with E-state index in [4.69, 9.17) is 4.74 Å². The summed E-state index contributed by atoms with van der Waals surface area (Å²) >= 11 is 1.41. The van der Waals surface area contributed by atoms with Gasteiger partial charge in [0, 0.05) is 10.6 Å². The molecule has 0 unspecified atom stereocenters. The van der Waals surface area contributed by atoms with Crippen LogP contribution in [0.4, 0.5) is 5.69 Å². The minimum absolute atomic E-state index is 0.278. The Labute approximate surface area is 159 Å². The fourth-order valence-electron chi connectivity index (χ4n) is 2.58. The van der Waals surface area contributed by atoms with E-state index in [1.54, 1.807) is 6.92 Å². The predicted molar refractivity (Wildman–Crippen MR) is 107 cm³/mol. The van der Waals surface area contributed by atoms with E-state index < -0.39 is 5.97 Å². The molecule has 0 heterocycles. The second-order valence-corrected chi connectivity index (χ2v) is 7.30. The smallest absolute Gasteiger partial charge is 0.319 e. The third kappa shape index (κ3) is 5.63. The summed E-state index contributed by atoms with van der Waals surface area (Å²) in [5.41, 5.74) is 3.00. The van der Waals surface area contributed by atoms with Crippen molar-refractivity contribution in [1.82, 2.24) is 0 Å². The van der Waals surface area contributed by atoms with Gasteiger partial charge in [-0.2, -0.15) is 0 Å². The molecular weight excluding hydrogens is 346 g/mol. The van der Waals surface area contributed by atoms with Gasteiger partial charge in [0.2, 0.25) is 0 Å². The summed E-state index contributed by atoms with van der Waals surface area (Å²) < 4.78 is 5.19. The molecule has 138 valence electrons. The average molecular weight is 372 g/mol. The van der Waals surface area contributed by atoms with E-state index in [2.05, 4.69) is 5.32 Å². The van der Waals surface area contributed by atoms with Crippen molar-refractivity contribution in [2.45, 2.75) is 43.8 Å². The molecule has 1 N–H and O–H groups in total. The summed E-state index contributed by atoms with van der Waals surface area (Å²) in [6.45, 7) is 5.60. The average Bonchev–Trinajstić information content (AvgIpc) is 2.66. The van der Waals surface area contributed by atoms with Crippen molar-refractivity contribution >= 4 is 29.3 Å². The Balaban J connectivity index is 1.89. The van der Waals surface area contributed by atoms with E-state index in [-0.39, 0.29) is 17.8 Å². The van der Waals surface area contributed by atoms with E-state index in [0.717, 1.165) is 34.6 Å². The van der Waals surface area contributed by atoms with Crippen LogP contribution in [0.25, 0.3) is 0 Å². The topological polar surface area (TPSA) is 55.4 Å². The Kier molecular flexibility index (Phi) is 7.73. The zero-order valence-electron chi connectivity index (χ0n) is 15.5. The highest BCUT2D eigenvalue weighted by atomic mass is 32.2. The summed E-state index contributed by atoms with van der Waals surface area (Å²) in [5.74, 6) is -0.709. The molecule has 1 atom stereocenters. The molecule has 0 aliphatic heterocycles. The minimum atomic E-state index is -0.395. The molecule has 0 radical (unpaired) electrons. The molecule has 0 saturated heterocycles. The van der Waals surface area contributed by atoms with Crippen molar-refractivity contribution in [3.05, 3.63) is 59.7 Å². The van der Waals surface area contributed by atoms with Crippen molar-refractivity contribution < 1.29 is 14.3 Å². The van der Waals surface area contributed by atoms with Gasteiger partial charge in [-0.1, -0.05) is 50.2 Å². The number of para-hydroxylation sites is 1. The van der Waals surface area contributed by atoms with Gasteiger partial charge in [-0.3, -0.25) is 9.59 Å². The van der Waals surface area contributed by atoms with Crippen LogP contribution in [0.1, 0.15) is 31.9 Å². The lowest BCUT2D eigenvalue weighted by Crippen LogP contribution is -2.25. The number of hydrogen-bond acceptors (Lipinski definition) is 4. The Morgan fingerprint density at radius 3 is 2.19 bits per heavy atom. The monoisotopic (exact) mass is 371 g/mol. The standard InChI is InChI=1S/C21H25NO3S/c1-4-16-10-9-11-17(5-2)20(16)22-19(23)14-25-21(24)15(3)26-18-12-7-6-8-13-18/h6-13,15H,4-5,14H2,1-3H3,(H,22,23)/t15-/m0/s1. The van der Waals surface area contributed by atoms with Crippen molar-refractivity contribution in [2.75, 3.05) is 11.9 Å². The van der Waals surface area contributed by atoms with Gasteiger partial charge in [-0.25, -0.2) is 0 Å². The number of carbonyl (C=O) groups excluding carboxylic acids is 2. The highest BCUT2D eigenvalue weighted by molar-refractivity contribution is 8.00. The Bertz CT molecular complexity index is 724. The van der Waals surface area contributed by atoms with E-state index in [0.29, 0.717) is 0 Å². The molecule has 2 aromatic rings. The lowest BCUT2D eigenvalue weighted by Gasteiger charge is -2.15. The van der Waals surface area contributed by atoms with E-state index in [1.807, 2.05) is 62.4 Å². The first kappa shape index (κ1) is 20.0. The molecule has 5 heteroatoms. The van der Waals surface area contributed by atoms with Crippen LogP contribution >= 0.6 is 11.8 Å². The van der Waals surface area contributed by atoms with Crippen LogP contribution in [0, 0.1) is 0 Å². The van der Waals surface area contributed by atoms with Crippen LogP contribution in [0.3, 0.4) is 0 Å². The summed E-state index contributed by atoms with van der Waals surface area (Å²) in [6.07, 6.45) is 1.65. The molecule has 0 fully saturated rings. The first-order valence-corrected chi connectivity index (χ1v) is 9.72. The third-order valence-electron chi connectivity index (χ3n) is 4.00. The Morgan fingerprint density at radius 2 is 1.62 bits per heavy atom. The second kappa shape index (κ2) is 10.0. The molecule has 2 aromatic carbocycles. The van der Waals surface area contributed by atoms with Crippen molar-refractivity contribution in [2.24, 2.45) is 0 Å². The number of aryl methyl sites for hydroxylation is 2. The van der Waals surface area contributed by atoms with Gasteiger partial charge in [-0.05, 0) is 43.0 Å². The Morgan fingerprint density at radius 1 is 1.00 bits per heavy atom. The van der Waals surface area contributed by atoms with Crippen molar-refractivity contribution in [1.29, 1.82) is 0 Å². The largest absolute Gasteiger partial charge is 0.455 e. The van der Waals surface area contributed by atoms with Gasteiger partial charge in [0.1, 0.15) is 5.25 Å². The molecule has 1 amide bonds. The number of ether oxygens (including phenoxy) is 1. The molecule has 2 rings (SSSR count). The Hall–Kier alpha value is -2.27. The molecule has 4 nitrogen and oxygen atoms in total. The van der Waals surface area contributed by atoms with Crippen LogP contribution < -0.4 is 5.32 Å². The zero-order chi connectivity index (χ0) is 18.9. The quantitative estimate of drug-likeness (QED) is 0.549. The summed E-state index contributed by atoms with van der Waals surface area (Å²) in [6, 6.07) is 15.6. The molecular formula is C21H25NO3S. The molecule has 0 aliphatic carbocycles. The van der Waals surface area contributed by atoms with Gasteiger partial charge in [-0.15, -0.1) is 11.8 Å². The zero-order valence-corrected chi connectivity index (χ0v) is 16.3.